The number of anilines is 1. The van der Waals surface area contributed by atoms with Gasteiger partial charge in [-0.2, -0.15) is 0 Å². The lowest BCUT2D eigenvalue weighted by atomic mass is 10.1. The second-order valence-electron chi connectivity index (χ2n) is 10.3. The van der Waals surface area contributed by atoms with Gasteiger partial charge in [0.1, 0.15) is 17.6 Å². The summed E-state index contributed by atoms with van der Waals surface area (Å²) in [6.45, 7) is 2.36. The molecule has 3 amide bonds. The number of hydrogen-bond donors (Lipinski definition) is 2. The first-order valence-corrected chi connectivity index (χ1v) is 15.2. The quantitative estimate of drug-likeness (QED) is 0.341. The van der Waals surface area contributed by atoms with Crippen LogP contribution in [0.2, 0.25) is 0 Å². The molecule has 3 aromatic carbocycles. The molecule has 44 heavy (non-hydrogen) atoms. The number of rotatable bonds is 10. The summed E-state index contributed by atoms with van der Waals surface area (Å²) in [7, 11) is 1.59. The first-order chi connectivity index (χ1) is 21.4. The number of thioether (sulfide) groups is 1. The second-order valence-corrected chi connectivity index (χ2v) is 11.4. The molecule has 12 heteroatoms. The van der Waals surface area contributed by atoms with Crippen molar-refractivity contribution in [2.45, 2.75) is 44.0 Å². The third-order valence-corrected chi connectivity index (χ3v) is 8.73. The van der Waals surface area contributed by atoms with E-state index in [2.05, 4.69) is 10.6 Å². The number of amides is 3. The van der Waals surface area contributed by atoms with E-state index in [0.29, 0.717) is 52.6 Å². The molecule has 0 bridgehead atoms. The lowest BCUT2D eigenvalue weighted by Gasteiger charge is -2.27. The number of ether oxygens (including phenoxy) is 3. The molecule has 2 N–H and O–H groups in total. The number of carbonyl (C=O) groups is 3. The van der Waals surface area contributed by atoms with Crippen molar-refractivity contribution in [3.63, 3.8) is 0 Å². The molecule has 0 fully saturated rings. The van der Waals surface area contributed by atoms with Crippen molar-refractivity contribution in [1.29, 1.82) is 0 Å². The highest BCUT2D eigenvalue weighted by atomic mass is 32.2. The zero-order valence-corrected chi connectivity index (χ0v) is 25.1. The Morgan fingerprint density at radius 2 is 1.89 bits per heavy atom. The molecule has 0 unspecified atom stereocenters. The van der Waals surface area contributed by atoms with Gasteiger partial charge in [0.05, 0.1) is 18.0 Å². The number of nitrogens with zero attached hydrogens (tertiary/aromatic N) is 3. The van der Waals surface area contributed by atoms with E-state index < -0.39 is 11.3 Å². The predicted molar refractivity (Wildman–Crippen MR) is 168 cm³/mol. The van der Waals surface area contributed by atoms with E-state index >= 15 is 0 Å². The Bertz CT molecular complexity index is 1670. The highest BCUT2D eigenvalue weighted by molar-refractivity contribution is 8.15. The molecular formula is C32H31N5O6S. The average Bonchev–Trinajstić information content (AvgIpc) is 3.65. The van der Waals surface area contributed by atoms with Crippen molar-refractivity contribution >= 4 is 51.9 Å². The van der Waals surface area contributed by atoms with Crippen LogP contribution in [0.1, 0.15) is 37.3 Å². The van der Waals surface area contributed by atoms with Crippen molar-refractivity contribution in [1.82, 2.24) is 10.2 Å². The maximum absolute atomic E-state index is 13.7. The molecule has 6 rings (SSSR count). The van der Waals surface area contributed by atoms with Crippen LogP contribution >= 0.6 is 11.8 Å². The molecule has 0 saturated carbocycles. The maximum atomic E-state index is 13.7. The number of hydrogen-bond acceptors (Lipinski definition) is 9. The average molecular weight is 614 g/mol. The van der Waals surface area contributed by atoms with Gasteiger partial charge in [0.25, 0.3) is 5.91 Å². The molecule has 3 aliphatic heterocycles. The smallest absolute Gasteiger partial charge is 0.259 e. The zero-order valence-electron chi connectivity index (χ0n) is 24.2. The van der Waals surface area contributed by atoms with Crippen molar-refractivity contribution in [3.8, 4) is 17.2 Å². The largest absolute Gasteiger partial charge is 0.496 e. The second kappa shape index (κ2) is 12.8. The Morgan fingerprint density at radius 1 is 1.09 bits per heavy atom. The third-order valence-electron chi connectivity index (χ3n) is 7.41. The van der Waals surface area contributed by atoms with Gasteiger partial charge in [-0.05, 0) is 43.2 Å². The molecule has 0 aromatic heterocycles. The Morgan fingerprint density at radius 3 is 2.73 bits per heavy atom. The monoisotopic (exact) mass is 613 g/mol. The van der Waals surface area contributed by atoms with Crippen LogP contribution in [-0.4, -0.2) is 58.8 Å². The first kappa shape index (κ1) is 29.2. The van der Waals surface area contributed by atoms with Crippen LogP contribution in [0.5, 0.6) is 17.2 Å². The number of fused-ring (bicyclic) bond motifs is 4. The van der Waals surface area contributed by atoms with Gasteiger partial charge in [-0.1, -0.05) is 49.0 Å². The van der Waals surface area contributed by atoms with Gasteiger partial charge in [0.2, 0.25) is 18.6 Å². The van der Waals surface area contributed by atoms with Crippen LogP contribution in [-0.2, 0) is 20.9 Å². The number of methoxy groups -OCH3 is 1. The Kier molecular flexibility index (Phi) is 8.51. The summed E-state index contributed by atoms with van der Waals surface area (Å²) in [4.78, 5) is 50.8. The fourth-order valence-corrected chi connectivity index (χ4v) is 6.13. The van der Waals surface area contributed by atoms with Crippen molar-refractivity contribution in [2.75, 3.05) is 19.2 Å². The molecule has 0 saturated heterocycles. The van der Waals surface area contributed by atoms with Gasteiger partial charge in [-0.3, -0.25) is 19.4 Å². The van der Waals surface area contributed by atoms with E-state index in [1.807, 2.05) is 55.5 Å². The minimum Gasteiger partial charge on any atom is -0.496 e. The summed E-state index contributed by atoms with van der Waals surface area (Å²) in [5.41, 5.74) is 2.84. The van der Waals surface area contributed by atoms with Crippen LogP contribution in [0.25, 0.3) is 0 Å². The van der Waals surface area contributed by atoms with Gasteiger partial charge in [-0.15, -0.1) is 0 Å². The Balaban J connectivity index is 1.14. The number of benzene rings is 3. The summed E-state index contributed by atoms with van der Waals surface area (Å²) >= 11 is 1.21. The first-order valence-electron chi connectivity index (χ1n) is 14.3. The number of aliphatic imine (C=N–C) groups is 2. The number of amidine groups is 2. The summed E-state index contributed by atoms with van der Waals surface area (Å²) in [5.74, 6) is 1.68. The Hall–Kier alpha value is -4.84. The van der Waals surface area contributed by atoms with Gasteiger partial charge in [0, 0.05) is 35.8 Å². The van der Waals surface area contributed by atoms with Crippen molar-refractivity contribution < 1.29 is 28.6 Å². The zero-order chi connectivity index (χ0) is 30.6. The molecule has 0 aliphatic carbocycles. The van der Waals surface area contributed by atoms with E-state index in [-0.39, 0.29) is 37.4 Å². The standard InChI is InChI=1S/C32H31N5O6S/c1-3-27(30(39)34-20-12-14-25-26(16-20)43-18-42-25)44-32-36-22-10-6-5-9-21(22)29-35-23(31(40)37(29)32)13-15-28(38)33-17-19-8-4-7-11-24(19)41-2/h4-12,14,16,23,27H,3,13,15,17-18H2,1-2H3,(H,33,38)(H,34,39)/t23-,27-/m0/s1. The summed E-state index contributed by atoms with van der Waals surface area (Å²) in [6, 6.07) is 19.4. The number of para-hydroxylation sites is 2. The maximum Gasteiger partial charge on any atom is 0.259 e. The molecule has 3 aliphatic rings. The molecule has 226 valence electrons. The van der Waals surface area contributed by atoms with Gasteiger partial charge in [0.15, 0.2) is 16.7 Å². The summed E-state index contributed by atoms with van der Waals surface area (Å²) < 4.78 is 16.1. The van der Waals surface area contributed by atoms with E-state index in [0.717, 1.165) is 11.1 Å². The molecule has 3 heterocycles. The van der Waals surface area contributed by atoms with Gasteiger partial charge in [-0.25, -0.2) is 9.89 Å². The van der Waals surface area contributed by atoms with Crippen LogP contribution < -0.4 is 24.8 Å². The van der Waals surface area contributed by atoms with E-state index in [4.69, 9.17) is 24.2 Å². The summed E-state index contributed by atoms with van der Waals surface area (Å²) in [5, 5.41) is 5.67. The normalized spacial score (nSPS) is 16.8. The minimum atomic E-state index is -0.749. The van der Waals surface area contributed by atoms with Crippen LogP contribution in [0, 0.1) is 0 Å². The molecule has 2 atom stereocenters. The number of nitrogens with one attached hydrogen (secondary N) is 2. The SMILES string of the molecule is CC[C@H](SC1=Nc2ccccc2C2=N[C@@H](CCC(=O)NCc3ccccc3OC)C(=O)N12)C(=O)Nc1ccc2c(c1)OCO2. The number of carbonyl (C=O) groups excluding carboxylic acids is 3. The predicted octanol–water partition coefficient (Wildman–Crippen LogP) is 4.63. The third kappa shape index (κ3) is 5.98. The topological polar surface area (TPSA) is 131 Å². The van der Waals surface area contributed by atoms with Gasteiger partial charge < -0.3 is 24.8 Å². The lowest BCUT2D eigenvalue weighted by Crippen LogP contribution is -2.42. The molecular weight excluding hydrogens is 582 g/mol. The molecule has 11 nitrogen and oxygen atoms in total. The van der Waals surface area contributed by atoms with Crippen LogP contribution in [0.3, 0.4) is 0 Å². The molecule has 0 radical (unpaired) electrons. The van der Waals surface area contributed by atoms with E-state index in [1.54, 1.807) is 25.3 Å². The fraction of sp³-hybridized carbons (Fsp3) is 0.281. The van der Waals surface area contributed by atoms with Crippen LogP contribution in [0.4, 0.5) is 11.4 Å². The highest BCUT2D eigenvalue weighted by Gasteiger charge is 2.42. The lowest BCUT2D eigenvalue weighted by molar-refractivity contribution is -0.125. The molecule has 3 aromatic rings. The van der Waals surface area contributed by atoms with Crippen molar-refractivity contribution in [3.05, 3.63) is 77.9 Å². The molecule has 0 spiro atoms. The van der Waals surface area contributed by atoms with E-state index in [1.165, 1.54) is 16.7 Å². The van der Waals surface area contributed by atoms with E-state index in [9.17, 15) is 14.4 Å². The fourth-order valence-electron chi connectivity index (χ4n) is 5.11. The van der Waals surface area contributed by atoms with Gasteiger partial charge >= 0.3 is 0 Å². The van der Waals surface area contributed by atoms with Crippen molar-refractivity contribution in [2.24, 2.45) is 9.98 Å². The van der Waals surface area contributed by atoms with Crippen LogP contribution in [0.15, 0.2) is 76.7 Å². The highest BCUT2D eigenvalue weighted by Crippen LogP contribution is 2.37. The minimum absolute atomic E-state index is 0.118. The Labute approximate surface area is 258 Å². The summed E-state index contributed by atoms with van der Waals surface area (Å²) in [6.07, 6.45) is 0.845.